The molecule has 0 fully saturated rings. The molecule has 92 valence electrons. The van der Waals surface area contributed by atoms with Crippen LogP contribution in [0.5, 0.6) is 5.75 Å². The van der Waals surface area contributed by atoms with E-state index in [4.69, 9.17) is 9.84 Å². The fourth-order valence-electron chi connectivity index (χ4n) is 1.13. The Kier molecular flexibility index (Phi) is 4.51. The van der Waals surface area contributed by atoms with E-state index in [0.717, 1.165) is 4.47 Å². The molecule has 0 saturated heterocycles. The number of aliphatic carboxylic acids is 1. The molecule has 1 atom stereocenters. The maximum Gasteiger partial charge on any atom is 0.315 e. The van der Waals surface area contributed by atoms with Gasteiger partial charge in [-0.25, -0.2) is 0 Å². The maximum absolute atomic E-state index is 11.6. The first-order chi connectivity index (χ1) is 7.95. The molecule has 0 aliphatic rings. The summed E-state index contributed by atoms with van der Waals surface area (Å²) >= 11 is 3.26. The Morgan fingerprint density at radius 1 is 1.47 bits per heavy atom. The van der Waals surface area contributed by atoms with Crippen LogP contribution in [0.4, 0.5) is 5.69 Å². The lowest BCUT2D eigenvalue weighted by molar-refractivity contribution is -0.144. The van der Waals surface area contributed by atoms with Crippen molar-refractivity contribution in [1.82, 2.24) is 0 Å². The Bertz CT molecular complexity index is 447. The monoisotopic (exact) mass is 301 g/mol. The number of rotatable bonds is 4. The van der Waals surface area contributed by atoms with Gasteiger partial charge in [0.25, 0.3) is 0 Å². The lowest BCUT2D eigenvalue weighted by Gasteiger charge is -2.12. The highest BCUT2D eigenvalue weighted by molar-refractivity contribution is 9.10. The number of hydrogen-bond acceptors (Lipinski definition) is 3. The summed E-state index contributed by atoms with van der Waals surface area (Å²) in [6.45, 7) is 1.32. The second-order valence-corrected chi connectivity index (χ2v) is 4.31. The number of carbonyl (C=O) groups excluding carboxylic acids is 1. The Balaban J connectivity index is 2.91. The SMILES string of the molecule is COc1ccc(Br)cc1NC(=O)C(C)C(=O)O. The van der Waals surface area contributed by atoms with Crippen molar-refractivity contribution in [2.24, 2.45) is 5.92 Å². The minimum atomic E-state index is -1.17. The summed E-state index contributed by atoms with van der Waals surface area (Å²) in [5.74, 6) is -2.40. The van der Waals surface area contributed by atoms with Crippen molar-refractivity contribution in [3.05, 3.63) is 22.7 Å². The van der Waals surface area contributed by atoms with Crippen molar-refractivity contribution in [3.8, 4) is 5.75 Å². The van der Waals surface area contributed by atoms with Crippen molar-refractivity contribution >= 4 is 33.5 Å². The van der Waals surface area contributed by atoms with Gasteiger partial charge in [-0.15, -0.1) is 0 Å². The van der Waals surface area contributed by atoms with Crippen molar-refractivity contribution in [2.75, 3.05) is 12.4 Å². The first-order valence-electron chi connectivity index (χ1n) is 4.83. The number of amides is 1. The van der Waals surface area contributed by atoms with Crippen LogP contribution in [0.15, 0.2) is 22.7 Å². The lowest BCUT2D eigenvalue weighted by atomic mass is 10.1. The number of anilines is 1. The summed E-state index contributed by atoms with van der Waals surface area (Å²) < 4.78 is 5.82. The molecule has 1 aromatic carbocycles. The average Bonchev–Trinajstić information content (AvgIpc) is 2.28. The molecule has 0 aliphatic carbocycles. The van der Waals surface area contributed by atoms with Crippen molar-refractivity contribution < 1.29 is 19.4 Å². The number of hydrogen-bond donors (Lipinski definition) is 2. The van der Waals surface area contributed by atoms with E-state index in [1.165, 1.54) is 14.0 Å². The van der Waals surface area contributed by atoms with E-state index in [-0.39, 0.29) is 0 Å². The van der Waals surface area contributed by atoms with Gasteiger partial charge in [0.15, 0.2) is 0 Å². The average molecular weight is 302 g/mol. The van der Waals surface area contributed by atoms with Gasteiger partial charge in [-0.05, 0) is 25.1 Å². The van der Waals surface area contributed by atoms with Gasteiger partial charge < -0.3 is 15.2 Å². The molecular formula is C11H12BrNO4. The van der Waals surface area contributed by atoms with Crippen molar-refractivity contribution in [2.45, 2.75) is 6.92 Å². The standard InChI is InChI=1S/C11H12BrNO4/c1-6(11(15)16)10(14)13-8-5-7(12)3-4-9(8)17-2/h3-6H,1-2H3,(H,13,14)(H,15,16). The normalized spacial score (nSPS) is 11.7. The third kappa shape index (κ3) is 3.45. The smallest absolute Gasteiger partial charge is 0.315 e. The minimum Gasteiger partial charge on any atom is -0.495 e. The van der Waals surface area contributed by atoms with Gasteiger partial charge >= 0.3 is 5.97 Å². The van der Waals surface area contributed by atoms with E-state index in [2.05, 4.69) is 21.2 Å². The van der Waals surface area contributed by atoms with Gasteiger partial charge in [-0.2, -0.15) is 0 Å². The third-order valence-electron chi connectivity index (χ3n) is 2.18. The Morgan fingerprint density at radius 3 is 2.65 bits per heavy atom. The number of benzene rings is 1. The van der Waals surface area contributed by atoms with E-state index in [1.54, 1.807) is 18.2 Å². The molecule has 5 nitrogen and oxygen atoms in total. The zero-order valence-corrected chi connectivity index (χ0v) is 10.9. The molecular weight excluding hydrogens is 290 g/mol. The Labute approximate surface area is 107 Å². The van der Waals surface area contributed by atoms with E-state index in [0.29, 0.717) is 11.4 Å². The second-order valence-electron chi connectivity index (χ2n) is 3.39. The maximum atomic E-state index is 11.6. The molecule has 2 N–H and O–H groups in total. The highest BCUT2D eigenvalue weighted by atomic mass is 79.9. The molecule has 0 saturated carbocycles. The van der Waals surface area contributed by atoms with Gasteiger partial charge in [0.2, 0.25) is 5.91 Å². The van der Waals surface area contributed by atoms with E-state index >= 15 is 0 Å². The molecule has 0 spiro atoms. The van der Waals surface area contributed by atoms with Gasteiger partial charge in [0.05, 0.1) is 12.8 Å². The molecule has 0 heterocycles. The van der Waals surface area contributed by atoms with Crippen LogP contribution in [0, 0.1) is 5.92 Å². The van der Waals surface area contributed by atoms with Crippen LogP contribution in [0.25, 0.3) is 0 Å². The number of methoxy groups -OCH3 is 1. The van der Waals surface area contributed by atoms with Crippen LogP contribution >= 0.6 is 15.9 Å². The summed E-state index contributed by atoms with van der Waals surface area (Å²) in [5.41, 5.74) is 0.431. The zero-order chi connectivity index (χ0) is 13.0. The minimum absolute atomic E-state index is 0.431. The summed E-state index contributed by atoms with van der Waals surface area (Å²) in [6.07, 6.45) is 0. The zero-order valence-electron chi connectivity index (χ0n) is 9.36. The van der Waals surface area contributed by atoms with Crippen LogP contribution in [0.1, 0.15) is 6.92 Å². The van der Waals surface area contributed by atoms with Crippen LogP contribution in [-0.2, 0) is 9.59 Å². The fraction of sp³-hybridized carbons (Fsp3) is 0.273. The first-order valence-corrected chi connectivity index (χ1v) is 5.62. The highest BCUT2D eigenvalue weighted by Crippen LogP contribution is 2.28. The first kappa shape index (κ1) is 13.5. The second kappa shape index (κ2) is 5.67. The van der Waals surface area contributed by atoms with Crippen LogP contribution in [0.2, 0.25) is 0 Å². The molecule has 0 radical (unpaired) electrons. The van der Waals surface area contributed by atoms with Crippen LogP contribution in [-0.4, -0.2) is 24.1 Å². The molecule has 0 aliphatic heterocycles. The number of carbonyl (C=O) groups is 2. The number of nitrogens with one attached hydrogen (secondary N) is 1. The number of halogens is 1. The molecule has 0 aromatic heterocycles. The summed E-state index contributed by atoms with van der Waals surface area (Å²) in [6, 6.07) is 5.07. The van der Waals surface area contributed by atoms with Crippen molar-refractivity contribution in [1.29, 1.82) is 0 Å². The molecule has 1 amide bonds. The number of carboxylic acids is 1. The highest BCUT2D eigenvalue weighted by Gasteiger charge is 2.21. The Morgan fingerprint density at radius 2 is 2.12 bits per heavy atom. The summed E-state index contributed by atoms with van der Waals surface area (Å²) in [4.78, 5) is 22.2. The molecule has 17 heavy (non-hydrogen) atoms. The fourth-order valence-corrected chi connectivity index (χ4v) is 1.49. The third-order valence-corrected chi connectivity index (χ3v) is 2.68. The molecule has 1 unspecified atom stereocenters. The molecule has 1 rings (SSSR count). The van der Waals surface area contributed by atoms with Crippen molar-refractivity contribution in [3.63, 3.8) is 0 Å². The van der Waals surface area contributed by atoms with E-state index in [1.807, 2.05) is 0 Å². The molecule has 1 aromatic rings. The topological polar surface area (TPSA) is 75.6 Å². The molecule has 0 bridgehead atoms. The summed E-state index contributed by atoms with van der Waals surface area (Å²) in [5, 5.41) is 11.2. The largest absolute Gasteiger partial charge is 0.495 e. The summed E-state index contributed by atoms with van der Waals surface area (Å²) in [7, 11) is 1.47. The van der Waals surface area contributed by atoms with E-state index in [9.17, 15) is 9.59 Å². The predicted octanol–water partition coefficient (Wildman–Crippen LogP) is 2.12. The van der Waals surface area contributed by atoms with E-state index < -0.39 is 17.8 Å². The number of ether oxygens (including phenoxy) is 1. The van der Waals surface area contributed by atoms with Crippen LogP contribution < -0.4 is 10.1 Å². The van der Waals surface area contributed by atoms with Gasteiger partial charge in [0.1, 0.15) is 11.7 Å². The van der Waals surface area contributed by atoms with Gasteiger partial charge in [0, 0.05) is 4.47 Å². The predicted molar refractivity (Wildman–Crippen MR) is 66.1 cm³/mol. The lowest BCUT2D eigenvalue weighted by Crippen LogP contribution is -2.27. The number of carboxylic acid groups (broad SMARTS) is 1. The van der Waals surface area contributed by atoms with Crippen LogP contribution in [0.3, 0.4) is 0 Å². The van der Waals surface area contributed by atoms with Gasteiger partial charge in [-0.1, -0.05) is 15.9 Å². The quantitative estimate of drug-likeness (QED) is 0.835. The Hall–Kier alpha value is -1.56. The molecule has 6 heteroatoms. The van der Waals surface area contributed by atoms with Gasteiger partial charge in [-0.3, -0.25) is 9.59 Å².